The van der Waals surface area contributed by atoms with Gasteiger partial charge in [0.1, 0.15) is 23.7 Å². The van der Waals surface area contributed by atoms with E-state index in [1.807, 2.05) is 18.2 Å². The van der Waals surface area contributed by atoms with Crippen molar-refractivity contribution in [3.8, 4) is 11.5 Å². The van der Waals surface area contributed by atoms with Crippen molar-refractivity contribution in [2.75, 3.05) is 0 Å². The van der Waals surface area contributed by atoms with Gasteiger partial charge in [0.2, 0.25) is 0 Å². The number of hydrogen-bond donors (Lipinski definition) is 0. The molecule has 2 aromatic carbocycles. The Morgan fingerprint density at radius 3 is 2.30 bits per heavy atom. The first-order valence-corrected chi connectivity index (χ1v) is 8.32. The van der Waals surface area contributed by atoms with Gasteiger partial charge in [-0.3, -0.25) is 0 Å². The summed E-state index contributed by atoms with van der Waals surface area (Å²) < 4.78 is 12.5. The van der Waals surface area contributed by atoms with E-state index in [0.717, 1.165) is 11.5 Å². The van der Waals surface area contributed by atoms with E-state index < -0.39 is 0 Å². The highest BCUT2D eigenvalue weighted by Gasteiger charge is 2.41. The molecule has 0 bridgehead atoms. The molecule has 2 heteroatoms. The molecule has 1 unspecified atom stereocenters. The highest BCUT2D eigenvalue weighted by Crippen LogP contribution is 2.51. The second-order valence-electron chi connectivity index (χ2n) is 7.15. The van der Waals surface area contributed by atoms with Crippen molar-refractivity contribution < 1.29 is 9.47 Å². The van der Waals surface area contributed by atoms with E-state index in [1.54, 1.807) is 0 Å². The summed E-state index contributed by atoms with van der Waals surface area (Å²) >= 11 is 0. The Labute approximate surface area is 139 Å². The van der Waals surface area contributed by atoms with E-state index in [4.69, 9.17) is 9.47 Å². The predicted molar refractivity (Wildman–Crippen MR) is 94.5 cm³/mol. The molecule has 0 spiro atoms. The van der Waals surface area contributed by atoms with Crippen molar-refractivity contribution in [2.45, 2.75) is 59.7 Å². The third-order valence-corrected chi connectivity index (χ3v) is 5.30. The molecule has 0 radical (unpaired) electrons. The Bertz CT molecular complexity index is 729. The molecule has 0 saturated heterocycles. The molecule has 122 valence electrons. The standard InChI is InChI=1S/C21H26O2/c1-13-14(2)20-18(16(4)21(5,6)23-20)15(3)19(13)22-12-17-10-8-7-9-11-17/h7-11,16H,12H2,1-6H3. The van der Waals surface area contributed by atoms with Crippen LogP contribution in [0.3, 0.4) is 0 Å². The first-order chi connectivity index (χ1) is 10.8. The molecule has 1 aliphatic rings. The Kier molecular flexibility index (Phi) is 3.87. The van der Waals surface area contributed by atoms with Gasteiger partial charge in [-0.1, -0.05) is 37.3 Å². The minimum absolute atomic E-state index is 0.164. The lowest BCUT2D eigenvalue weighted by molar-refractivity contribution is 0.115. The SMILES string of the molecule is Cc1c(C)c2c(c(C)c1OCc1ccccc1)C(C)C(C)(C)O2. The lowest BCUT2D eigenvalue weighted by Gasteiger charge is -2.23. The van der Waals surface area contributed by atoms with E-state index in [9.17, 15) is 0 Å². The summed E-state index contributed by atoms with van der Waals surface area (Å²) in [7, 11) is 0. The Balaban J connectivity index is 2.00. The highest BCUT2D eigenvalue weighted by atomic mass is 16.5. The Morgan fingerprint density at radius 2 is 1.65 bits per heavy atom. The van der Waals surface area contributed by atoms with E-state index in [-0.39, 0.29) is 5.60 Å². The first-order valence-electron chi connectivity index (χ1n) is 8.32. The molecule has 0 fully saturated rings. The molecular weight excluding hydrogens is 284 g/mol. The molecule has 2 aromatic rings. The molecule has 1 aliphatic heterocycles. The summed E-state index contributed by atoms with van der Waals surface area (Å²) in [5, 5.41) is 0. The minimum atomic E-state index is -0.164. The highest BCUT2D eigenvalue weighted by molar-refractivity contribution is 5.61. The topological polar surface area (TPSA) is 18.5 Å². The number of benzene rings is 2. The average molecular weight is 310 g/mol. The van der Waals surface area contributed by atoms with Crippen LogP contribution in [-0.4, -0.2) is 5.60 Å². The van der Waals surface area contributed by atoms with Gasteiger partial charge in [-0.15, -0.1) is 0 Å². The molecule has 0 aliphatic carbocycles. The van der Waals surface area contributed by atoms with Crippen LogP contribution in [0, 0.1) is 20.8 Å². The molecule has 1 heterocycles. The lowest BCUT2D eigenvalue weighted by Crippen LogP contribution is -2.28. The maximum atomic E-state index is 6.26. The zero-order valence-electron chi connectivity index (χ0n) is 15.0. The molecule has 0 N–H and O–H groups in total. The van der Waals surface area contributed by atoms with Crippen LogP contribution >= 0.6 is 0 Å². The van der Waals surface area contributed by atoms with Gasteiger partial charge < -0.3 is 9.47 Å². The van der Waals surface area contributed by atoms with E-state index in [1.165, 1.54) is 27.8 Å². The summed E-state index contributed by atoms with van der Waals surface area (Å²) in [4.78, 5) is 0. The zero-order valence-corrected chi connectivity index (χ0v) is 15.0. The first kappa shape index (κ1) is 15.9. The van der Waals surface area contributed by atoms with Gasteiger partial charge in [0, 0.05) is 11.5 Å². The van der Waals surface area contributed by atoms with Gasteiger partial charge in [0.05, 0.1) is 0 Å². The number of fused-ring (bicyclic) bond motifs is 1. The largest absolute Gasteiger partial charge is 0.488 e. The second kappa shape index (κ2) is 5.59. The molecule has 2 nitrogen and oxygen atoms in total. The van der Waals surface area contributed by atoms with Crippen LogP contribution in [0.4, 0.5) is 0 Å². The predicted octanol–water partition coefficient (Wildman–Crippen LogP) is 5.47. The van der Waals surface area contributed by atoms with Gasteiger partial charge in [0.25, 0.3) is 0 Å². The van der Waals surface area contributed by atoms with Crippen LogP contribution in [0.5, 0.6) is 11.5 Å². The van der Waals surface area contributed by atoms with Crippen molar-refractivity contribution in [1.82, 2.24) is 0 Å². The minimum Gasteiger partial charge on any atom is -0.488 e. The molecule has 0 aromatic heterocycles. The van der Waals surface area contributed by atoms with Crippen LogP contribution in [0.1, 0.15) is 54.5 Å². The molecule has 3 rings (SSSR count). The third kappa shape index (κ3) is 2.60. The van der Waals surface area contributed by atoms with Crippen LogP contribution in [0.25, 0.3) is 0 Å². The zero-order chi connectivity index (χ0) is 16.8. The summed E-state index contributed by atoms with van der Waals surface area (Å²) in [5.41, 5.74) is 5.93. The van der Waals surface area contributed by atoms with Gasteiger partial charge in [-0.2, -0.15) is 0 Å². The number of ether oxygens (including phenoxy) is 2. The fourth-order valence-electron chi connectivity index (χ4n) is 3.41. The smallest absolute Gasteiger partial charge is 0.127 e. The quantitative estimate of drug-likeness (QED) is 0.749. The summed E-state index contributed by atoms with van der Waals surface area (Å²) in [6.07, 6.45) is 0. The summed E-state index contributed by atoms with van der Waals surface area (Å²) in [6.45, 7) is 13.6. The third-order valence-electron chi connectivity index (χ3n) is 5.30. The Hall–Kier alpha value is -1.96. The van der Waals surface area contributed by atoms with Crippen molar-refractivity contribution in [3.05, 3.63) is 58.1 Å². The molecule has 0 amide bonds. The molecular formula is C21H26O2. The van der Waals surface area contributed by atoms with Gasteiger partial charge in [-0.25, -0.2) is 0 Å². The van der Waals surface area contributed by atoms with Gasteiger partial charge in [0.15, 0.2) is 0 Å². The fraction of sp³-hybridized carbons (Fsp3) is 0.429. The van der Waals surface area contributed by atoms with E-state index in [0.29, 0.717) is 12.5 Å². The number of hydrogen-bond acceptors (Lipinski definition) is 2. The fourth-order valence-corrected chi connectivity index (χ4v) is 3.41. The normalized spacial score (nSPS) is 18.4. The molecule has 1 atom stereocenters. The lowest BCUT2D eigenvalue weighted by atomic mass is 9.84. The van der Waals surface area contributed by atoms with Crippen LogP contribution in [-0.2, 0) is 6.61 Å². The summed E-state index contributed by atoms with van der Waals surface area (Å²) in [6, 6.07) is 10.3. The van der Waals surface area contributed by atoms with Crippen molar-refractivity contribution in [3.63, 3.8) is 0 Å². The number of rotatable bonds is 3. The van der Waals surface area contributed by atoms with Crippen molar-refractivity contribution in [1.29, 1.82) is 0 Å². The van der Waals surface area contributed by atoms with Crippen LogP contribution < -0.4 is 9.47 Å². The van der Waals surface area contributed by atoms with E-state index in [2.05, 4.69) is 53.7 Å². The monoisotopic (exact) mass is 310 g/mol. The van der Waals surface area contributed by atoms with Gasteiger partial charge in [-0.05, 0) is 56.9 Å². The molecule has 0 saturated carbocycles. The van der Waals surface area contributed by atoms with E-state index >= 15 is 0 Å². The maximum absolute atomic E-state index is 6.26. The van der Waals surface area contributed by atoms with Crippen molar-refractivity contribution >= 4 is 0 Å². The van der Waals surface area contributed by atoms with Gasteiger partial charge >= 0.3 is 0 Å². The van der Waals surface area contributed by atoms with Crippen LogP contribution in [0.2, 0.25) is 0 Å². The Morgan fingerprint density at radius 1 is 1.00 bits per heavy atom. The van der Waals surface area contributed by atoms with Crippen molar-refractivity contribution in [2.24, 2.45) is 0 Å². The molecule has 23 heavy (non-hydrogen) atoms. The van der Waals surface area contributed by atoms with Crippen LogP contribution in [0.15, 0.2) is 30.3 Å². The maximum Gasteiger partial charge on any atom is 0.127 e. The average Bonchev–Trinajstić information content (AvgIpc) is 2.77. The second-order valence-corrected chi connectivity index (χ2v) is 7.15. The summed E-state index contributed by atoms with van der Waals surface area (Å²) in [5.74, 6) is 2.43.